The van der Waals surface area contributed by atoms with Gasteiger partial charge in [0, 0.05) is 41.0 Å². The van der Waals surface area contributed by atoms with Crippen molar-refractivity contribution in [3.8, 4) is 0 Å². The van der Waals surface area contributed by atoms with E-state index < -0.39 is 24.5 Å². The number of aliphatic hydroxyl groups is 1. The van der Waals surface area contributed by atoms with E-state index in [2.05, 4.69) is 15.6 Å². The second-order valence-corrected chi connectivity index (χ2v) is 7.72. The average Bonchev–Trinajstić information content (AvgIpc) is 3.62. The van der Waals surface area contributed by atoms with Crippen LogP contribution >= 0.6 is 0 Å². The molecule has 3 N–H and O–H groups in total. The van der Waals surface area contributed by atoms with Gasteiger partial charge in [-0.25, -0.2) is 0 Å². The molecule has 3 aromatic rings. The lowest BCUT2D eigenvalue weighted by Crippen LogP contribution is -2.49. The fraction of sp³-hybridized carbons (Fsp3) is 0.200. The van der Waals surface area contributed by atoms with E-state index in [1.165, 1.54) is 18.3 Å². The number of carbonyl (C=O) groups is 3. The normalized spacial score (nSPS) is 17.8. The molecule has 0 aliphatic heterocycles. The molecule has 0 saturated heterocycles. The Morgan fingerprint density at radius 2 is 1.66 bits per heavy atom. The van der Waals surface area contributed by atoms with Crippen molar-refractivity contribution in [3.05, 3.63) is 101 Å². The van der Waals surface area contributed by atoms with E-state index >= 15 is 0 Å². The Bertz CT molecular complexity index is 1100. The fourth-order valence-electron chi connectivity index (χ4n) is 3.58. The van der Waals surface area contributed by atoms with Crippen molar-refractivity contribution >= 4 is 17.6 Å². The molecule has 1 aliphatic rings. The van der Waals surface area contributed by atoms with E-state index in [1.807, 2.05) is 30.3 Å². The Hall–Kier alpha value is -3.84. The summed E-state index contributed by atoms with van der Waals surface area (Å²) in [4.78, 5) is 41.5. The number of pyridine rings is 1. The molecule has 0 unspecified atom stereocenters. The quantitative estimate of drug-likeness (QED) is 0.475. The summed E-state index contributed by atoms with van der Waals surface area (Å²) in [5.41, 5.74) is 2.32. The van der Waals surface area contributed by atoms with E-state index in [1.54, 1.807) is 30.5 Å². The number of aliphatic hydroxyl groups excluding tert-OH is 1. The second kappa shape index (κ2) is 9.53. The molecular formula is C25H23N3O4. The first-order chi connectivity index (χ1) is 15.6. The zero-order valence-electron chi connectivity index (χ0n) is 17.3. The van der Waals surface area contributed by atoms with Gasteiger partial charge in [-0.1, -0.05) is 42.5 Å². The van der Waals surface area contributed by atoms with Crippen molar-refractivity contribution in [2.24, 2.45) is 0 Å². The highest BCUT2D eigenvalue weighted by Crippen LogP contribution is 2.40. The molecule has 1 heterocycles. The number of benzene rings is 2. The number of rotatable bonds is 8. The Morgan fingerprint density at radius 3 is 2.31 bits per heavy atom. The van der Waals surface area contributed by atoms with Crippen molar-refractivity contribution in [2.45, 2.75) is 24.4 Å². The monoisotopic (exact) mass is 429 g/mol. The summed E-state index contributed by atoms with van der Waals surface area (Å²) in [6.07, 6.45) is 3.90. The minimum atomic E-state index is -1.06. The molecule has 1 aliphatic carbocycles. The lowest BCUT2D eigenvalue weighted by Gasteiger charge is -2.16. The maximum absolute atomic E-state index is 12.6. The zero-order valence-corrected chi connectivity index (χ0v) is 17.3. The van der Waals surface area contributed by atoms with Crippen LogP contribution in [0.1, 0.15) is 44.2 Å². The third-order valence-electron chi connectivity index (χ3n) is 5.48. The van der Waals surface area contributed by atoms with Crippen LogP contribution in [0.4, 0.5) is 0 Å². The van der Waals surface area contributed by atoms with E-state index in [9.17, 15) is 19.5 Å². The number of nitrogens with one attached hydrogen (secondary N) is 2. The molecule has 4 rings (SSSR count). The summed E-state index contributed by atoms with van der Waals surface area (Å²) < 4.78 is 0. The van der Waals surface area contributed by atoms with Crippen LogP contribution in [0, 0.1) is 0 Å². The summed E-state index contributed by atoms with van der Waals surface area (Å²) in [5.74, 6) is -0.877. The topological polar surface area (TPSA) is 108 Å². The average molecular weight is 429 g/mol. The van der Waals surface area contributed by atoms with Crippen LogP contribution in [0.15, 0.2) is 79.1 Å². The molecule has 1 fully saturated rings. The lowest BCUT2D eigenvalue weighted by molar-refractivity contribution is -0.124. The van der Waals surface area contributed by atoms with Gasteiger partial charge in [-0.3, -0.25) is 19.4 Å². The molecular weight excluding hydrogens is 406 g/mol. The van der Waals surface area contributed by atoms with Gasteiger partial charge >= 0.3 is 0 Å². The molecule has 7 nitrogen and oxygen atoms in total. The Labute approximate surface area is 185 Å². The minimum Gasteiger partial charge on any atom is -0.394 e. The number of amides is 2. The van der Waals surface area contributed by atoms with Crippen molar-refractivity contribution in [2.75, 3.05) is 6.61 Å². The number of carbonyl (C=O) groups excluding carboxylic acids is 3. The number of ketones is 1. The van der Waals surface area contributed by atoms with Crippen LogP contribution in [0.2, 0.25) is 0 Å². The van der Waals surface area contributed by atoms with Crippen molar-refractivity contribution in [1.82, 2.24) is 15.6 Å². The molecule has 2 amide bonds. The first-order valence-corrected chi connectivity index (χ1v) is 10.4. The Morgan fingerprint density at radius 1 is 0.938 bits per heavy atom. The van der Waals surface area contributed by atoms with Crippen LogP contribution in [-0.2, 0) is 4.79 Å². The number of hydrogen-bond donors (Lipinski definition) is 3. The SMILES string of the molecule is O=C(N[C@@H](CO)C(=O)N[C@H]1C[C@@H]1c1ccccc1)c1ccc(C(=O)c2cccnc2)cc1. The number of hydrogen-bond acceptors (Lipinski definition) is 5. The predicted molar refractivity (Wildman–Crippen MR) is 118 cm³/mol. The predicted octanol–water partition coefficient (Wildman–Crippen LogP) is 2.08. The molecule has 32 heavy (non-hydrogen) atoms. The molecule has 3 atom stereocenters. The van der Waals surface area contributed by atoms with E-state index in [0.29, 0.717) is 11.1 Å². The van der Waals surface area contributed by atoms with Crippen LogP contribution in [0.25, 0.3) is 0 Å². The van der Waals surface area contributed by atoms with Gasteiger partial charge in [0.1, 0.15) is 6.04 Å². The standard InChI is InChI=1S/C25H23N3O4/c29-15-22(25(32)27-21-13-20(21)16-5-2-1-3-6-16)28-24(31)18-10-8-17(9-11-18)23(30)19-7-4-12-26-14-19/h1-12,14,20-22,29H,13,15H2,(H,27,32)(H,28,31)/t20-,21+,22+/m1/s1. The summed E-state index contributed by atoms with van der Waals surface area (Å²) in [6, 6.07) is 18.3. The minimum absolute atomic E-state index is 0.00590. The first-order valence-electron chi connectivity index (χ1n) is 10.4. The summed E-state index contributed by atoms with van der Waals surface area (Å²) in [6.45, 7) is -0.516. The highest BCUT2D eigenvalue weighted by molar-refractivity contribution is 6.09. The molecule has 7 heteroatoms. The van der Waals surface area contributed by atoms with Crippen molar-refractivity contribution < 1.29 is 19.5 Å². The van der Waals surface area contributed by atoms with Gasteiger partial charge in [-0.05, 0) is 36.2 Å². The number of aromatic nitrogens is 1. The molecule has 2 aromatic carbocycles. The van der Waals surface area contributed by atoms with Gasteiger partial charge in [0.05, 0.1) is 6.61 Å². The largest absolute Gasteiger partial charge is 0.394 e. The molecule has 0 radical (unpaired) electrons. The molecule has 1 aromatic heterocycles. The van der Waals surface area contributed by atoms with Crippen LogP contribution < -0.4 is 10.6 Å². The Kier molecular flexibility index (Phi) is 6.37. The summed E-state index contributed by atoms with van der Waals surface area (Å²) >= 11 is 0. The highest BCUT2D eigenvalue weighted by Gasteiger charge is 2.40. The van der Waals surface area contributed by atoms with E-state index in [0.717, 1.165) is 12.0 Å². The van der Waals surface area contributed by atoms with Crippen LogP contribution in [-0.4, -0.2) is 46.4 Å². The van der Waals surface area contributed by atoms with Gasteiger partial charge in [-0.15, -0.1) is 0 Å². The molecule has 0 spiro atoms. The molecule has 0 bridgehead atoms. The maximum Gasteiger partial charge on any atom is 0.251 e. The third kappa shape index (κ3) is 4.90. The van der Waals surface area contributed by atoms with Gasteiger partial charge < -0.3 is 15.7 Å². The van der Waals surface area contributed by atoms with E-state index in [4.69, 9.17) is 0 Å². The fourth-order valence-corrected chi connectivity index (χ4v) is 3.58. The van der Waals surface area contributed by atoms with Gasteiger partial charge in [0.2, 0.25) is 5.91 Å². The maximum atomic E-state index is 12.6. The summed E-state index contributed by atoms with van der Waals surface area (Å²) in [7, 11) is 0. The second-order valence-electron chi connectivity index (χ2n) is 7.72. The first kappa shape index (κ1) is 21.4. The molecule has 1 saturated carbocycles. The van der Waals surface area contributed by atoms with Crippen molar-refractivity contribution in [3.63, 3.8) is 0 Å². The zero-order chi connectivity index (χ0) is 22.5. The van der Waals surface area contributed by atoms with Crippen LogP contribution in [0.5, 0.6) is 0 Å². The summed E-state index contributed by atoms with van der Waals surface area (Å²) in [5, 5.41) is 15.1. The number of nitrogens with zero attached hydrogens (tertiary/aromatic N) is 1. The lowest BCUT2D eigenvalue weighted by atomic mass is 10.0. The Balaban J connectivity index is 1.34. The van der Waals surface area contributed by atoms with E-state index in [-0.39, 0.29) is 23.3 Å². The van der Waals surface area contributed by atoms with Crippen molar-refractivity contribution in [1.29, 1.82) is 0 Å². The van der Waals surface area contributed by atoms with Gasteiger partial charge in [0.15, 0.2) is 5.78 Å². The highest BCUT2D eigenvalue weighted by atomic mass is 16.3. The third-order valence-corrected chi connectivity index (χ3v) is 5.48. The van der Waals surface area contributed by atoms with Gasteiger partial charge in [-0.2, -0.15) is 0 Å². The smallest absolute Gasteiger partial charge is 0.251 e. The van der Waals surface area contributed by atoms with Gasteiger partial charge in [0.25, 0.3) is 5.91 Å². The molecule has 162 valence electrons. The van der Waals surface area contributed by atoms with Crippen LogP contribution in [0.3, 0.4) is 0 Å².